The number of hydrogen-bond acceptors (Lipinski definition) is 3. The van der Waals surface area contributed by atoms with Crippen LogP contribution in [0.4, 0.5) is 5.69 Å². The summed E-state index contributed by atoms with van der Waals surface area (Å²) in [5, 5.41) is 2.94. The maximum atomic E-state index is 12.5. The minimum Gasteiger partial charge on any atom is -0.496 e. The first-order valence-corrected chi connectivity index (χ1v) is 8.71. The Labute approximate surface area is 150 Å². The third-order valence-electron chi connectivity index (χ3n) is 3.98. The van der Waals surface area contributed by atoms with Gasteiger partial charge in [0.1, 0.15) is 5.75 Å². The van der Waals surface area contributed by atoms with Crippen LogP contribution in [0, 0.1) is 0 Å². The van der Waals surface area contributed by atoms with Crippen LogP contribution >= 0.6 is 0 Å². The number of nitrogens with one attached hydrogen (secondary N) is 1. The molecule has 0 saturated carbocycles. The maximum Gasteiger partial charge on any atom is 0.255 e. The maximum absolute atomic E-state index is 12.5. The first kappa shape index (κ1) is 19.0. The van der Waals surface area contributed by atoms with Crippen molar-refractivity contribution >= 4 is 11.6 Å². The van der Waals surface area contributed by atoms with Crippen molar-refractivity contribution in [3.05, 3.63) is 59.2 Å². The highest BCUT2D eigenvalue weighted by atomic mass is 16.5. The van der Waals surface area contributed by atoms with Gasteiger partial charge in [0.05, 0.1) is 13.7 Å². The first-order chi connectivity index (χ1) is 12.0. The second-order valence-corrected chi connectivity index (χ2v) is 6.31. The fraction of sp³-hybridized carbons (Fsp3) is 0.381. The largest absolute Gasteiger partial charge is 0.496 e. The van der Waals surface area contributed by atoms with E-state index in [1.54, 1.807) is 19.2 Å². The number of benzene rings is 2. The highest BCUT2D eigenvalue weighted by molar-refractivity contribution is 6.04. The average Bonchev–Trinajstić information content (AvgIpc) is 2.62. The Kier molecular flexibility index (Phi) is 7.02. The molecule has 2 aromatic carbocycles. The van der Waals surface area contributed by atoms with E-state index in [2.05, 4.69) is 26.1 Å². The quantitative estimate of drug-likeness (QED) is 0.688. The number of hydrogen-bond donors (Lipinski definition) is 1. The number of anilines is 1. The predicted molar refractivity (Wildman–Crippen MR) is 101 cm³/mol. The summed E-state index contributed by atoms with van der Waals surface area (Å²) < 4.78 is 10.9. The molecule has 0 aromatic heterocycles. The standard InChI is InChI=1S/C21H27NO3/c1-5-12-25-14-18-13-17(8-11-20(18)24-4)21(23)22-19-9-6-16(7-10-19)15(2)3/h6-11,13,15H,5,12,14H2,1-4H3,(H,22,23). The van der Waals surface area contributed by atoms with Crippen LogP contribution in [0.15, 0.2) is 42.5 Å². The summed E-state index contributed by atoms with van der Waals surface area (Å²) >= 11 is 0. The van der Waals surface area contributed by atoms with Crippen LogP contribution in [0.1, 0.15) is 54.6 Å². The van der Waals surface area contributed by atoms with Gasteiger partial charge in [0.15, 0.2) is 0 Å². The SMILES string of the molecule is CCCOCc1cc(C(=O)Nc2ccc(C(C)C)cc2)ccc1OC. The van der Waals surface area contributed by atoms with Gasteiger partial charge in [-0.25, -0.2) is 0 Å². The Bertz CT molecular complexity index is 693. The van der Waals surface area contributed by atoms with Crippen molar-refractivity contribution in [1.82, 2.24) is 0 Å². The molecule has 2 aromatic rings. The Hall–Kier alpha value is -2.33. The van der Waals surface area contributed by atoms with Crippen molar-refractivity contribution in [2.24, 2.45) is 0 Å². The molecule has 0 radical (unpaired) electrons. The predicted octanol–water partition coefficient (Wildman–Crippen LogP) is 5.00. The third-order valence-corrected chi connectivity index (χ3v) is 3.98. The lowest BCUT2D eigenvalue weighted by molar-refractivity contribution is 0.102. The molecule has 2 rings (SSSR count). The summed E-state index contributed by atoms with van der Waals surface area (Å²) in [7, 11) is 1.62. The minimum absolute atomic E-state index is 0.142. The molecule has 0 unspecified atom stereocenters. The summed E-state index contributed by atoms with van der Waals surface area (Å²) in [5.41, 5.74) is 3.49. The molecule has 1 N–H and O–H groups in total. The van der Waals surface area contributed by atoms with Crippen LogP contribution in [0.25, 0.3) is 0 Å². The van der Waals surface area contributed by atoms with Crippen LogP contribution in [-0.4, -0.2) is 19.6 Å². The van der Waals surface area contributed by atoms with E-state index in [1.807, 2.05) is 30.3 Å². The third kappa shape index (κ3) is 5.33. The number of carbonyl (C=O) groups is 1. The summed E-state index contributed by atoms with van der Waals surface area (Å²) in [6.45, 7) is 7.47. The summed E-state index contributed by atoms with van der Waals surface area (Å²) in [4.78, 5) is 12.5. The molecular weight excluding hydrogens is 314 g/mol. The molecular formula is C21H27NO3. The van der Waals surface area contributed by atoms with Gasteiger partial charge in [0.25, 0.3) is 5.91 Å². The smallest absolute Gasteiger partial charge is 0.255 e. The second-order valence-electron chi connectivity index (χ2n) is 6.31. The van der Waals surface area contributed by atoms with Gasteiger partial charge in [0.2, 0.25) is 0 Å². The minimum atomic E-state index is -0.142. The van der Waals surface area contributed by atoms with Crippen molar-refractivity contribution in [2.75, 3.05) is 19.0 Å². The van der Waals surface area contributed by atoms with E-state index in [4.69, 9.17) is 9.47 Å². The normalized spacial score (nSPS) is 10.8. The van der Waals surface area contributed by atoms with Crippen LogP contribution in [0.3, 0.4) is 0 Å². The zero-order valence-corrected chi connectivity index (χ0v) is 15.5. The van der Waals surface area contributed by atoms with Gasteiger partial charge in [-0.05, 0) is 48.2 Å². The Morgan fingerprint density at radius 1 is 1.12 bits per heavy atom. The molecule has 134 valence electrons. The van der Waals surface area contributed by atoms with E-state index in [0.29, 0.717) is 24.7 Å². The fourth-order valence-corrected chi connectivity index (χ4v) is 2.51. The van der Waals surface area contributed by atoms with Gasteiger partial charge in [-0.15, -0.1) is 0 Å². The second kappa shape index (κ2) is 9.23. The lowest BCUT2D eigenvalue weighted by Crippen LogP contribution is -2.12. The lowest BCUT2D eigenvalue weighted by atomic mass is 10.0. The molecule has 4 heteroatoms. The number of carbonyl (C=O) groups excluding carboxylic acids is 1. The van der Waals surface area contributed by atoms with Gasteiger partial charge in [-0.3, -0.25) is 4.79 Å². The number of rotatable bonds is 8. The molecule has 1 amide bonds. The Morgan fingerprint density at radius 3 is 2.44 bits per heavy atom. The van der Waals surface area contributed by atoms with E-state index in [-0.39, 0.29) is 5.91 Å². The molecule has 0 aliphatic carbocycles. The Balaban J connectivity index is 2.11. The molecule has 0 atom stereocenters. The molecule has 0 aliphatic rings. The van der Waals surface area contributed by atoms with Crippen molar-refractivity contribution in [3.63, 3.8) is 0 Å². The molecule has 0 heterocycles. The van der Waals surface area contributed by atoms with E-state index in [1.165, 1.54) is 5.56 Å². The highest BCUT2D eigenvalue weighted by Gasteiger charge is 2.11. The van der Waals surface area contributed by atoms with E-state index in [0.717, 1.165) is 23.4 Å². The summed E-state index contributed by atoms with van der Waals surface area (Å²) in [5.74, 6) is 1.06. The van der Waals surface area contributed by atoms with Crippen molar-refractivity contribution in [1.29, 1.82) is 0 Å². The van der Waals surface area contributed by atoms with Crippen molar-refractivity contribution in [3.8, 4) is 5.75 Å². The molecule has 0 saturated heterocycles. The molecule has 0 aliphatic heterocycles. The molecule has 4 nitrogen and oxygen atoms in total. The fourth-order valence-electron chi connectivity index (χ4n) is 2.51. The van der Waals surface area contributed by atoms with Crippen LogP contribution in [0.2, 0.25) is 0 Å². The van der Waals surface area contributed by atoms with Crippen LogP contribution in [0.5, 0.6) is 5.75 Å². The molecule has 0 spiro atoms. The average molecular weight is 341 g/mol. The topological polar surface area (TPSA) is 47.6 Å². The number of methoxy groups -OCH3 is 1. The lowest BCUT2D eigenvalue weighted by Gasteiger charge is -2.12. The summed E-state index contributed by atoms with van der Waals surface area (Å²) in [6, 6.07) is 13.3. The van der Waals surface area contributed by atoms with Crippen molar-refractivity contribution in [2.45, 2.75) is 39.7 Å². The molecule has 0 bridgehead atoms. The highest BCUT2D eigenvalue weighted by Crippen LogP contribution is 2.22. The van der Waals surface area contributed by atoms with E-state index in [9.17, 15) is 4.79 Å². The monoisotopic (exact) mass is 341 g/mol. The Morgan fingerprint density at radius 2 is 1.84 bits per heavy atom. The van der Waals surface area contributed by atoms with Crippen LogP contribution in [-0.2, 0) is 11.3 Å². The number of amides is 1. The van der Waals surface area contributed by atoms with E-state index < -0.39 is 0 Å². The van der Waals surface area contributed by atoms with Gasteiger partial charge in [-0.2, -0.15) is 0 Å². The zero-order chi connectivity index (χ0) is 18.2. The van der Waals surface area contributed by atoms with Gasteiger partial charge in [-0.1, -0.05) is 32.9 Å². The first-order valence-electron chi connectivity index (χ1n) is 8.71. The van der Waals surface area contributed by atoms with Gasteiger partial charge >= 0.3 is 0 Å². The van der Waals surface area contributed by atoms with Crippen LogP contribution < -0.4 is 10.1 Å². The number of ether oxygens (including phenoxy) is 2. The van der Waals surface area contributed by atoms with Gasteiger partial charge in [0, 0.05) is 23.4 Å². The van der Waals surface area contributed by atoms with E-state index >= 15 is 0 Å². The van der Waals surface area contributed by atoms with Crippen molar-refractivity contribution < 1.29 is 14.3 Å². The zero-order valence-electron chi connectivity index (χ0n) is 15.5. The molecule has 0 fully saturated rings. The molecule has 25 heavy (non-hydrogen) atoms. The van der Waals surface area contributed by atoms with Gasteiger partial charge < -0.3 is 14.8 Å². The summed E-state index contributed by atoms with van der Waals surface area (Å²) in [6.07, 6.45) is 0.953.